The third-order valence-corrected chi connectivity index (χ3v) is 4.31. The van der Waals surface area contributed by atoms with Crippen LogP contribution in [0, 0.1) is 5.92 Å². The molecule has 0 aromatic heterocycles. The van der Waals surface area contributed by atoms with E-state index in [2.05, 4.69) is 11.8 Å². The van der Waals surface area contributed by atoms with Crippen molar-refractivity contribution in [2.45, 2.75) is 70.4 Å². The fourth-order valence-corrected chi connectivity index (χ4v) is 3.04. The molecule has 2 N–H and O–H groups in total. The molecule has 98 valence electrons. The third-order valence-electron chi connectivity index (χ3n) is 4.31. The molecule has 1 atom stereocenters. The van der Waals surface area contributed by atoms with Crippen LogP contribution in [0.25, 0.3) is 0 Å². The van der Waals surface area contributed by atoms with Gasteiger partial charge in [-0.3, -0.25) is 4.79 Å². The zero-order valence-electron chi connectivity index (χ0n) is 11.0. The SMILES string of the molecule is CCN(C(=O)CC(N)C1CC1)C1CCCCC1. The molecular formula is C14H26N2O. The minimum absolute atomic E-state index is 0.111. The van der Waals surface area contributed by atoms with Crippen LogP contribution in [0.1, 0.15) is 58.3 Å². The van der Waals surface area contributed by atoms with Crippen molar-refractivity contribution in [3.8, 4) is 0 Å². The molecule has 0 saturated heterocycles. The number of nitrogens with two attached hydrogens (primary N) is 1. The Morgan fingerprint density at radius 3 is 2.41 bits per heavy atom. The van der Waals surface area contributed by atoms with Crippen LogP contribution in [0.4, 0.5) is 0 Å². The molecule has 17 heavy (non-hydrogen) atoms. The Bertz CT molecular complexity index is 257. The average Bonchev–Trinajstić information content (AvgIpc) is 3.15. The summed E-state index contributed by atoms with van der Waals surface area (Å²) >= 11 is 0. The summed E-state index contributed by atoms with van der Waals surface area (Å²) in [5.74, 6) is 0.919. The predicted octanol–water partition coefficient (Wildman–Crippen LogP) is 2.29. The van der Waals surface area contributed by atoms with Crippen molar-refractivity contribution in [3.63, 3.8) is 0 Å². The molecule has 3 nitrogen and oxygen atoms in total. The molecule has 3 heteroatoms. The first kappa shape index (κ1) is 12.9. The second-order valence-electron chi connectivity index (χ2n) is 5.68. The Labute approximate surface area is 105 Å². The summed E-state index contributed by atoms with van der Waals surface area (Å²) in [4.78, 5) is 14.3. The molecule has 0 bridgehead atoms. The lowest BCUT2D eigenvalue weighted by Gasteiger charge is -2.34. The van der Waals surface area contributed by atoms with Crippen LogP contribution in [-0.4, -0.2) is 29.4 Å². The molecule has 2 saturated carbocycles. The van der Waals surface area contributed by atoms with E-state index in [4.69, 9.17) is 5.73 Å². The van der Waals surface area contributed by atoms with Crippen molar-refractivity contribution >= 4 is 5.91 Å². The maximum absolute atomic E-state index is 12.3. The molecule has 0 aromatic carbocycles. The summed E-state index contributed by atoms with van der Waals surface area (Å²) in [6.07, 6.45) is 9.30. The second-order valence-corrected chi connectivity index (χ2v) is 5.68. The number of amides is 1. The van der Waals surface area contributed by atoms with Crippen molar-refractivity contribution in [2.75, 3.05) is 6.54 Å². The zero-order valence-corrected chi connectivity index (χ0v) is 11.0. The molecule has 0 spiro atoms. The number of hydrogen-bond acceptors (Lipinski definition) is 2. The monoisotopic (exact) mass is 238 g/mol. The largest absolute Gasteiger partial charge is 0.340 e. The molecule has 2 aliphatic rings. The number of carbonyl (C=O) groups is 1. The highest BCUT2D eigenvalue weighted by Gasteiger charge is 2.32. The number of rotatable bonds is 5. The first-order valence-corrected chi connectivity index (χ1v) is 7.27. The van der Waals surface area contributed by atoms with Gasteiger partial charge < -0.3 is 10.6 Å². The van der Waals surface area contributed by atoms with Crippen LogP contribution < -0.4 is 5.73 Å². The number of carbonyl (C=O) groups excluding carboxylic acids is 1. The van der Waals surface area contributed by atoms with E-state index in [1.54, 1.807) is 0 Å². The van der Waals surface area contributed by atoms with E-state index in [1.165, 1.54) is 44.9 Å². The third kappa shape index (κ3) is 3.44. The Kier molecular flexibility index (Phi) is 4.43. The molecule has 1 unspecified atom stereocenters. The van der Waals surface area contributed by atoms with E-state index in [1.807, 2.05) is 0 Å². The topological polar surface area (TPSA) is 46.3 Å². The van der Waals surface area contributed by atoms with Crippen molar-refractivity contribution in [1.29, 1.82) is 0 Å². The quantitative estimate of drug-likeness (QED) is 0.799. The second kappa shape index (κ2) is 5.85. The number of nitrogens with zero attached hydrogens (tertiary/aromatic N) is 1. The highest BCUT2D eigenvalue weighted by atomic mass is 16.2. The van der Waals surface area contributed by atoms with Crippen molar-refractivity contribution in [2.24, 2.45) is 11.7 Å². The summed E-state index contributed by atoms with van der Waals surface area (Å²) in [6.45, 7) is 2.94. The fraction of sp³-hybridized carbons (Fsp3) is 0.929. The molecule has 2 fully saturated rings. The Balaban J connectivity index is 1.84. The first-order chi connectivity index (χ1) is 8.22. The van der Waals surface area contributed by atoms with Crippen molar-refractivity contribution in [3.05, 3.63) is 0 Å². The summed E-state index contributed by atoms with van der Waals surface area (Å²) in [5, 5.41) is 0. The van der Waals surface area contributed by atoms with Crippen LogP contribution in [0.15, 0.2) is 0 Å². The maximum Gasteiger partial charge on any atom is 0.224 e. The van der Waals surface area contributed by atoms with Crippen LogP contribution in [0.5, 0.6) is 0 Å². The molecule has 2 rings (SSSR count). The van der Waals surface area contributed by atoms with E-state index in [9.17, 15) is 4.79 Å². The zero-order chi connectivity index (χ0) is 12.3. The first-order valence-electron chi connectivity index (χ1n) is 7.27. The van der Waals surface area contributed by atoms with E-state index < -0.39 is 0 Å². The summed E-state index contributed by atoms with van der Waals surface area (Å²) in [7, 11) is 0. The van der Waals surface area contributed by atoms with Crippen LogP contribution >= 0.6 is 0 Å². The van der Waals surface area contributed by atoms with Crippen LogP contribution in [0.2, 0.25) is 0 Å². The predicted molar refractivity (Wildman–Crippen MR) is 69.6 cm³/mol. The molecule has 2 aliphatic carbocycles. The molecule has 0 aromatic rings. The molecule has 1 amide bonds. The lowest BCUT2D eigenvalue weighted by Crippen LogP contribution is -2.43. The fourth-order valence-electron chi connectivity index (χ4n) is 3.04. The van der Waals surface area contributed by atoms with Gasteiger partial charge >= 0.3 is 0 Å². The molecule has 0 radical (unpaired) electrons. The van der Waals surface area contributed by atoms with Gasteiger partial charge in [0.05, 0.1) is 0 Å². The van der Waals surface area contributed by atoms with Gasteiger partial charge in [-0.1, -0.05) is 19.3 Å². The highest BCUT2D eigenvalue weighted by Crippen LogP contribution is 2.33. The molecular weight excluding hydrogens is 212 g/mol. The standard InChI is InChI=1S/C14H26N2O/c1-2-16(12-6-4-3-5-7-12)14(17)10-13(15)11-8-9-11/h11-13H,2-10,15H2,1H3. The average molecular weight is 238 g/mol. The van der Waals surface area contributed by atoms with Gasteiger partial charge in [0.15, 0.2) is 0 Å². The van der Waals surface area contributed by atoms with Gasteiger partial charge in [0.25, 0.3) is 0 Å². The van der Waals surface area contributed by atoms with Crippen molar-refractivity contribution in [1.82, 2.24) is 4.90 Å². The summed E-state index contributed by atoms with van der Waals surface area (Å²) in [6, 6.07) is 0.604. The van der Waals surface area contributed by atoms with Gasteiger partial charge in [0.2, 0.25) is 5.91 Å². The van der Waals surface area contributed by atoms with Crippen LogP contribution in [0.3, 0.4) is 0 Å². The smallest absolute Gasteiger partial charge is 0.224 e. The van der Waals surface area contributed by atoms with Gasteiger partial charge in [0, 0.05) is 25.0 Å². The molecule has 0 aliphatic heterocycles. The van der Waals surface area contributed by atoms with Gasteiger partial charge in [-0.2, -0.15) is 0 Å². The summed E-state index contributed by atoms with van der Waals surface area (Å²) < 4.78 is 0. The van der Waals surface area contributed by atoms with Gasteiger partial charge in [-0.05, 0) is 38.5 Å². The van der Waals surface area contributed by atoms with E-state index in [0.29, 0.717) is 24.3 Å². The van der Waals surface area contributed by atoms with E-state index in [0.717, 1.165) is 6.54 Å². The van der Waals surface area contributed by atoms with Gasteiger partial charge in [-0.15, -0.1) is 0 Å². The minimum Gasteiger partial charge on any atom is -0.340 e. The Morgan fingerprint density at radius 1 is 1.24 bits per heavy atom. The Morgan fingerprint density at radius 2 is 1.88 bits per heavy atom. The maximum atomic E-state index is 12.3. The normalized spacial score (nSPS) is 23.4. The van der Waals surface area contributed by atoms with E-state index >= 15 is 0 Å². The highest BCUT2D eigenvalue weighted by molar-refractivity contribution is 5.77. The van der Waals surface area contributed by atoms with E-state index in [-0.39, 0.29) is 6.04 Å². The lowest BCUT2D eigenvalue weighted by atomic mass is 9.93. The number of hydrogen-bond donors (Lipinski definition) is 1. The van der Waals surface area contributed by atoms with Gasteiger partial charge in [0.1, 0.15) is 0 Å². The summed E-state index contributed by atoms with van der Waals surface area (Å²) in [5.41, 5.74) is 6.05. The van der Waals surface area contributed by atoms with Crippen molar-refractivity contribution < 1.29 is 4.79 Å². The van der Waals surface area contributed by atoms with Crippen LogP contribution in [-0.2, 0) is 4.79 Å². The lowest BCUT2D eigenvalue weighted by molar-refractivity contribution is -0.134. The molecule has 0 heterocycles. The van der Waals surface area contributed by atoms with Gasteiger partial charge in [-0.25, -0.2) is 0 Å². The minimum atomic E-state index is 0.111. The Hall–Kier alpha value is -0.570.